The molecule has 1 aliphatic rings. The molecule has 0 amide bonds. The third-order valence-corrected chi connectivity index (χ3v) is 6.36. The topological polar surface area (TPSA) is 43.7 Å². The van der Waals surface area contributed by atoms with Crippen molar-refractivity contribution in [1.82, 2.24) is 4.90 Å². The maximum Gasteiger partial charge on any atom is 0.101 e. The van der Waals surface area contributed by atoms with Gasteiger partial charge >= 0.3 is 0 Å². The second kappa shape index (κ2) is 3.35. The van der Waals surface area contributed by atoms with Crippen LogP contribution >= 0.6 is 0 Å². The Kier molecular flexibility index (Phi) is 2.88. The first-order valence-electron chi connectivity index (χ1n) is 4.90. The van der Waals surface area contributed by atoms with Crippen LogP contribution in [0.1, 0.15) is 13.3 Å². The molecule has 2 atom stereocenters. The summed E-state index contributed by atoms with van der Waals surface area (Å²) < 4.78 is 0. The minimum absolute atomic E-state index is 0.247. The van der Waals surface area contributed by atoms with Gasteiger partial charge in [-0.25, -0.2) is 0 Å². The second-order valence-electron chi connectivity index (χ2n) is 5.16. The average molecular weight is 203 g/mol. The summed E-state index contributed by atoms with van der Waals surface area (Å²) in [5.74, 6) is 0. The quantitative estimate of drug-likeness (QED) is 0.647. The van der Waals surface area contributed by atoms with Gasteiger partial charge in [0.2, 0.25) is 0 Å². The van der Waals surface area contributed by atoms with Crippen LogP contribution in [0.2, 0.25) is 19.6 Å². The van der Waals surface area contributed by atoms with Gasteiger partial charge in [-0.1, -0.05) is 19.6 Å². The van der Waals surface area contributed by atoms with Gasteiger partial charge in [-0.15, -0.1) is 0 Å². The van der Waals surface area contributed by atoms with Gasteiger partial charge in [0.1, 0.15) is 13.4 Å². The minimum atomic E-state index is -1.61. The number of nitrogens with zero attached hydrogens (tertiary/aromatic N) is 1. The first kappa shape index (κ1) is 11.2. The van der Waals surface area contributed by atoms with Crippen molar-refractivity contribution in [1.29, 1.82) is 0 Å². The number of hydrogen-bond donors (Lipinski definition) is 2. The van der Waals surface area contributed by atoms with E-state index >= 15 is 0 Å². The molecule has 1 aliphatic heterocycles. The third-order valence-electron chi connectivity index (χ3n) is 3.20. The van der Waals surface area contributed by atoms with Crippen LogP contribution in [0, 0.1) is 0 Å². The number of aliphatic hydroxyl groups is 2. The average Bonchev–Trinajstić information content (AvgIpc) is 2.33. The van der Waals surface area contributed by atoms with E-state index in [9.17, 15) is 10.2 Å². The van der Waals surface area contributed by atoms with Gasteiger partial charge < -0.3 is 10.2 Å². The fourth-order valence-corrected chi connectivity index (χ4v) is 2.76. The van der Waals surface area contributed by atoms with Crippen molar-refractivity contribution in [3.05, 3.63) is 0 Å². The SMILES string of the molecule is CC(O)(N1CCC(O)C1)[Si](C)(C)C. The highest BCUT2D eigenvalue weighted by Crippen LogP contribution is 2.27. The summed E-state index contributed by atoms with van der Waals surface area (Å²) in [6.45, 7) is 9.78. The van der Waals surface area contributed by atoms with Crippen LogP contribution in [0.4, 0.5) is 0 Å². The van der Waals surface area contributed by atoms with E-state index in [1.807, 2.05) is 11.8 Å². The van der Waals surface area contributed by atoms with E-state index in [1.54, 1.807) is 0 Å². The Morgan fingerprint density at radius 1 is 1.38 bits per heavy atom. The van der Waals surface area contributed by atoms with Crippen molar-refractivity contribution >= 4 is 8.07 Å². The summed E-state index contributed by atoms with van der Waals surface area (Å²) in [5, 5.41) is 19.0. The zero-order valence-corrected chi connectivity index (χ0v) is 10.0. The van der Waals surface area contributed by atoms with Crippen LogP contribution in [0.3, 0.4) is 0 Å². The Labute approximate surface area is 81.4 Å². The summed E-state index contributed by atoms with van der Waals surface area (Å²) >= 11 is 0. The monoisotopic (exact) mass is 203 g/mol. The molecular formula is C9H21NO2Si. The number of rotatable bonds is 2. The van der Waals surface area contributed by atoms with Gasteiger partial charge in [0.05, 0.1) is 6.10 Å². The Morgan fingerprint density at radius 3 is 2.23 bits per heavy atom. The molecule has 1 rings (SSSR count). The van der Waals surface area contributed by atoms with Gasteiger partial charge in [0.25, 0.3) is 0 Å². The van der Waals surface area contributed by atoms with Crippen LogP contribution in [-0.4, -0.2) is 47.7 Å². The lowest BCUT2D eigenvalue weighted by Gasteiger charge is -2.43. The molecule has 1 fully saturated rings. The minimum Gasteiger partial charge on any atom is -0.392 e. The maximum atomic E-state index is 10.3. The van der Waals surface area contributed by atoms with Crippen LogP contribution in [-0.2, 0) is 0 Å². The number of β-amino-alcohol motifs (C(OH)–C–C–N with tert-alkyl or cyclic N) is 1. The lowest BCUT2D eigenvalue weighted by Crippen LogP contribution is -2.61. The first-order valence-corrected chi connectivity index (χ1v) is 8.40. The Bertz CT molecular complexity index is 189. The van der Waals surface area contributed by atoms with E-state index in [-0.39, 0.29) is 6.10 Å². The lowest BCUT2D eigenvalue weighted by atomic mass is 10.3. The van der Waals surface area contributed by atoms with Crippen molar-refractivity contribution in [2.75, 3.05) is 13.1 Å². The van der Waals surface area contributed by atoms with E-state index in [0.717, 1.165) is 13.0 Å². The van der Waals surface area contributed by atoms with Gasteiger partial charge in [0, 0.05) is 13.1 Å². The van der Waals surface area contributed by atoms with Crippen molar-refractivity contribution in [2.24, 2.45) is 0 Å². The zero-order chi connectivity index (χ0) is 10.3. The van der Waals surface area contributed by atoms with Crippen LogP contribution < -0.4 is 0 Å². The first-order chi connectivity index (χ1) is 5.75. The summed E-state index contributed by atoms with van der Waals surface area (Å²) in [7, 11) is -1.61. The standard InChI is InChI=1S/C9H21NO2Si/c1-9(12,13(2,3)4)10-6-5-8(11)7-10/h8,11-12H,5-7H2,1-4H3. The maximum absolute atomic E-state index is 10.3. The van der Waals surface area contributed by atoms with E-state index in [1.165, 1.54) is 0 Å². The smallest absolute Gasteiger partial charge is 0.101 e. The molecule has 13 heavy (non-hydrogen) atoms. The summed E-state index contributed by atoms with van der Waals surface area (Å²) in [6.07, 6.45) is 0.545. The van der Waals surface area contributed by atoms with E-state index in [0.29, 0.717) is 6.54 Å². The highest BCUT2D eigenvalue weighted by Gasteiger charge is 2.44. The van der Waals surface area contributed by atoms with E-state index in [2.05, 4.69) is 19.6 Å². The molecule has 2 unspecified atom stereocenters. The number of aliphatic hydroxyl groups excluding tert-OH is 1. The van der Waals surface area contributed by atoms with Crippen LogP contribution in [0.25, 0.3) is 0 Å². The van der Waals surface area contributed by atoms with Gasteiger partial charge in [-0.2, -0.15) is 0 Å². The molecule has 0 aromatic rings. The van der Waals surface area contributed by atoms with E-state index < -0.39 is 13.4 Å². The molecule has 4 heteroatoms. The molecule has 0 spiro atoms. The summed E-state index contributed by atoms with van der Waals surface area (Å²) in [5.41, 5.74) is 0. The lowest BCUT2D eigenvalue weighted by molar-refractivity contribution is -0.0235. The Morgan fingerprint density at radius 2 is 1.92 bits per heavy atom. The number of hydrogen-bond acceptors (Lipinski definition) is 3. The molecule has 0 bridgehead atoms. The molecule has 0 aromatic carbocycles. The fourth-order valence-electron chi connectivity index (χ4n) is 1.61. The predicted octanol–water partition coefficient (Wildman–Crippen LogP) is 0.639. The second-order valence-corrected chi connectivity index (χ2v) is 10.6. The van der Waals surface area contributed by atoms with Crippen molar-refractivity contribution in [2.45, 2.75) is 44.4 Å². The van der Waals surface area contributed by atoms with E-state index in [4.69, 9.17) is 0 Å². The third kappa shape index (κ3) is 2.12. The number of likely N-dealkylation sites (tertiary alicyclic amines) is 1. The van der Waals surface area contributed by atoms with Crippen LogP contribution in [0.15, 0.2) is 0 Å². The summed E-state index contributed by atoms with van der Waals surface area (Å²) in [4.78, 5) is 2.02. The molecule has 1 saturated heterocycles. The molecule has 0 aromatic heterocycles. The normalized spacial score (nSPS) is 30.5. The molecule has 1 heterocycles. The molecule has 2 N–H and O–H groups in total. The van der Waals surface area contributed by atoms with Gasteiger partial charge in [0.15, 0.2) is 0 Å². The Balaban J connectivity index is 2.70. The molecule has 0 aliphatic carbocycles. The van der Waals surface area contributed by atoms with Crippen molar-refractivity contribution in [3.8, 4) is 0 Å². The molecular weight excluding hydrogens is 182 g/mol. The Hall–Kier alpha value is 0.0969. The zero-order valence-electron chi connectivity index (χ0n) is 9.04. The largest absolute Gasteiger partial charge is 0.392 e. The highest BCUT2D eigenvalue weighted by atomic mass is 28.3. The molecule has 0 radical (unpaired) electrons. The van der Waals surface area contributed by atoms with Crippen molar-refractivity contribution in [3.63, 3.8) is 0 Å². The van der Waals surface area contributed by atoms with Gasteiger partial charge in [-0.05, 0) is 13.3 Å². The van der Waals surface area contributed by atoms with Crippen LogP contribution in [0.5, 0.6) is 0 Å². The predicted molar refractivity (Wildman–Crippen MR) is 56.2 cm³/mol. The molecule has 78 valence electrons. The highest BCUT2D eigenvalue weighted by molar-refractivity contribution is 6.78. The molecule has 0 saturated carbocycles. The molecule has 3 nitrogen and oxygen atoms in total. The summed E-state index contributed by atoms with van der Waals surface area (Å²) in [6, 6.07) is 0. The van der Waals surface area contributed by atoms with Crippen molar-refractivity contribution < 1.29 is 10.2 Å². The fraction of sp³-hybridized carbons (Fsp3) is 1.00. The van der Waals surface area contributed by atoms with Gasteiger partial charge in [-0.3, -0.25) is 4.90 Å².